The monoisotopic (exact) mass is 360 g/mol. The average Bonchev–Trinajstić information content (AvgIpc) is 3.06. The van der Waals surface area contributed by atoms with E-state index >= 15 is 0 Å². The number of rotatable bonds is 2. The molecule has 3 heterocycles. The largest absolute Gasteiger partial charge is 0.336 e. The summed E-state index contributed by atoms with van der Waals surface area (Å²) in [5.74, 6) is 0.807. The summed E-state index contributed by atoms with van der Waals surface area (Å²) >= 11 is 0. The molecule has 0 aliphatic carbocycles. The number of aryl methyl sites for hydroxylation is 3. The van der Waals surface area contributed by atoms with Gasteiger partial charge in [-0.05, 0) is 63.8 Å². The number of carbonyl (C=O) groups is 1. The number of aromatic nitrogens is 3. The van der Waals surface area contributed by atoms with E-state index in [0.717, 1.165) is 58.2 Å². The number of hydrogen-bond acceptors (Lipinski definition) is 4. The van der Waals surface area contributed by atoms with Gasteiger partial charge in [0.1, 0.15) is 5.82 Å². The van der Waals surface area contributed by atoms with Crippen molar-refractivity contribution in [2.45, 2.75) is 46.6 Å². The average molecular weight is 360 g/mol. The Morgan fingerprint density at radius 2 is 1.85 bits per heavy atom. The SMILES string of the molecule is Cc1cc(C)c2c(C(=O)N3CCC[C@@H]3C)cc(-c3cnc(C)nc3)nc2c1. The van der Waals surface area contributed by atoms with Crippen molar-refractivity contribution in [3.8, 4) is 11.3 Å². The van der Waals surface area contributed by atoms with Crippen LogP contribution in [0.25, 0.3) is 22.2 Å². The van der Waals surface area contributed by atoms with Crippen molar-refractivity contribution in [3.05, 3.63) is 53.1 Å². The molecule has 0 bridgehead atoms. The van der Waals surface area contributed by atoms with Gasteiger partial charge in [0.2, 0.25) is 0 Å². The Balaban J connectivity index is 1.94. The van der Waals surface area contributed by atoms with E-state index < -0.39 is 0 Å². The maximum atomic E-state index is 13.4. The van der Waals surface area contributed by atoms with Crippen LogP contribution in [0.1, 0.15) is 47.1 Å². The fraction of sp³-hybridized carbons (Fsp3) is 0.364. The molecule has 0 unspecified atom stereocenters. The van der Waals surface area contributed by atoms with Gasteiger partial charge < -0.3 is 4.90 Å². The van der Waals surface area contributed by atoms with Gasteiger partial charge in [-0.2, -0.15) is 0 Å². The molecule has 4 rings (SSSR count). The Hall–Kier alpha value is -2.82. The first kappa shape index (κ1) is 17.6. The second-order valence-electron chi connectivity index (χ2n) is 7.54. The van der Waals surface area contributed by atoms with Crippen molar-refractivity contribution in [1.82, 2.24) is 19.9 Å². The van der Waals surface area contributed by atoms with Crippen LogP contribution in [0, 0.1) is 20.8 Å². The number of likely N-dealkylation sites (tertiary alicyclic amines) is 1. The summed E-state index contributed by atoms with van der Waals surface area (Å²) in [6.45, 7) is 8.90. The van der Waals surface area contributed by atoms with Crippen molar-refractivity contribution < 1.29 is 4.79 Å². The molecule has 3 aromatic rings. The minimum atomic E-state index is 0.0913. The number of carbonyl (C=O) groups excluding carboxylic acids is 1. The lowest BCUT2D eigenvalue weighted by molar-refractivity contribution is 0.0749. The van der Waals surface area contributed by atoms with Crippen LogP contribution in [0.5, 0.6) is 0 Å². The molecular formula is C22H24N4O. The number of nitrogens with zero attached hydrogens (tertiary/aromatic N) is 4. The van der Waals surface area contributed by atoms with E-state index in [0.29, 0.717) is 5.82 Å². The fourth-order valence-electron chi connectivity index (χ4n) is 3.99. The molecule has 1 fully saturated rings. The predicted molar refractivity (Wildman–Crippen MR) is 107 cm³/mol. The Morgan fingerprint density at radius 3 is 2.52 bits per heavy atom. The highest BCUT2D eigenvalue weighted by molar-refractivity contribution is 6.08. The standard InChI is InChI=1S/C22H24N4O/c1-13-8-14(2)21-18(22(27)26-7-5-6-15(26)3)10-19(25-20(21)9-13)17-11-23-16(4)24-12-17/h8-12,15H,5-7H2,1-4H3/t15-/m0/s1. The highest BCUT2D eigenvalue weighted by Gasteiger charge is 2.28. The second kappa shape index (κ2) is 6.72. The van der Waals surface area contributed by atoms with Crippen molar-refractivity contribution >= 4 is 16.8 Å². The van der Waals surface area contributed by atoms with Crippen LogP contribution in [-0.4, -0.2) is 38.3 Å². The molecule has 0 radical (unpaired) electrons. The molecule has 1 amide bonds. The highest BCUT2D eigenvalue weighted by Crippen LogP contribution is 2.30. The molecule has 1 aliphatic heterocycles. The number of hydrogen-bond donors (Lipinski definition) is 0. The normalized spacial score (nSPS) is 16.9. The third-order valence-electron chi connectivity index (χ3n) is 5.37. The molecular weight excluding hydrogens is 336 g/mol. The summed E-state index contributed by atoms with van der Waals surface area (Å²) < 4.78 is 0. The molecule has 0 saturated carbocycles. The summed E-state index contributed by atoms with van der Waals surface area (Å²) in [5.41, 5.74) is 5.35. The van der Waals surface area contributed by atoms with Gasteiger partial charge in [-0.1, -0.05) is 6.07 Å². The minimum absolute atomic E-state index is 0.0913. The zero-order valence-electron chi connectivity index (χ0n) is 16.3. The predicted octanol–water partition coefficient (Wildman–Crippen LogP) is 4.24. The van der Waals surface area contributed by atoms with Gasteiger partial charge in [0.05, 0.1) is 16.8 Å². The molecule has 1 aliphatic rings. The Bertz CT molecular complexity index is 1030. The molecule has 1 atom stereocenters. The lowest BCUT2D eigenvalue weighted by atomic mass is 9.98. The van der Waals surface area contributed by atoms with Crippen LogP contribution in [-0.2, 0) is 0 Å². The second-order valence-corrected chi connectivity index (χ2v) is 7.54. The van der Waals surface area contributed by atoms with E-state index in [1.54, 1.807) is 12.4 Å². The molecule has 27 heavy (non-hydrogen) atoms. The summed E-state index contributed by atoms with van der Waals surface area (Å²) in [7, 11) is 0. The molecule has 1 aromatic carbocycles. The van der Waals surface area contributed by atoms with Crippen molar-refractivity contribution in [3.63, 3.8) is 0 Å². The molecule has 138 valence electrons. The van der Waals surface area contributed by atoms with Gasteiger partial charge in [0.15, 0.2) is 0 Å². The van der Waals surface area contributed by atoms with Crippen LogP contribution < -0.4 is 0 Å². The molecule has 0 N–H and O–H groups in total. The highest BCUT2D eigenvalue weighted by atomic mass is 16.2. The van der Waals surface area contributed by atoms with Gasteiger partial charge in [0, 0.05) is 35.9 Å². The summed E-state index contributed by atoms with van der Waals surface area (Å²) in [5, 5.41) is 0.946. The summed E-state index contributed by atoms with van der Waals surface area (Å²) in [6.07, 6.45) is 5.66. The van der Waals surface area contributed by atoms with Crippen LogP contribution in [0.4, 0.5) is 0 Å². The van der Waals surface area contributed by atoms with E-state index in [1.807, 2.05) is 24.0 Å². The number of fused-ring (bicyclic) bond motifs is 1. The third-order valence-corrected chi connectivity index (χ3v) is 5.37. The van der Waals surface area contributed by atoms with Crippen LogP contribution in [0.3, 0.4) is 0 Å². The topological polar surface area (TPSA) is 59.0 Å². The number of amides is 1. The first-order chi connectivity index (χ1) is 12.9. The van der Waals surface area contributed by atoms with Crippen LogP contribution >= 0.6 is 0 Å². The molecule has 5 nitrogen and oxygen atoms in total. The van der Waals surface area contributed by atoms with Crippen LogP contribution in [0.15, 0.2) is 30.6 Å². The fourth-order valence-corrected chi connectivity index (χ4v) is 3.99. The van der Waals surface area contributed by atoms with Crippen LogP contribution in [0.2, 0.25) is 0 Å². The Morgan fingerprint density at radius 1 is 1.11 bits per heavy atom. The van der Waals surface area contributed by atoms with E-state index in [9.17, 15) is 4.79 Å². The number of benzene rings is 1. The maximum absolute atomic E-state index is 13.4. The third kappa shape index (κ3) is 3.18. The molecule has 1 saturated heterocycles. The van der Waals surface area contributed by atoms with Gasteiger partial charge >= 0.3 is 0 Å². The summed E-state index contributed by atoms with van der Waals surface area (Å²) in [4.78, 5) is 28.8. The van der Waals surface area contributed by atoms with E-state index in [-0.39, 0.29) is 11.9 Å². The molecule has 0 spiro atoms. The van der Waals surface area contributed by atoms with E-state index in [4.69, 9.17) is 4.98 Å². The summed E-state index contributed by atoms with van der Waals surface area (Å²) in [6, 6.07) is 6.35. The van der Waals surface area contributed by atoms with E-state index in [2.05, 4.69) is 36.8 Å². The Kier molecular flexibility index (Phi) is 4.38. The quantitative estimate of drug-likeness (QED) is 0.686. The van der Waals surface area contributed by atoms with Gasteiger partial charge in [-0.3, -0.25) is 4.79 Å². The minimum Gasteiger partial charge on any atom is -0.336 e. The van der Waals surface area contributed by atoms with Gasteiger partial charge in [-0.15, -0.1) is 0 Å². The first-order valence-corrected chi connectivity index (χ1v) is 9.46. The van der Waals surface area contributed by atoms with E-state index in [1.165, 1.54) is 0 Å². The van der Waals surface area contributed by atoms with Crippen molar-refractivity contribution in [2.24, 2.45) is 0 Å². The lowest BCUT2D eigenvalue weighted by Crippen LogP contribution is -2.33. The molecule has 2 aromatic heterocycles. The zero-order valence-corrected chi connectivity index (χ0v) is 16.3. The lowest BCUT2D eigenvalue weighted by Gasteiger charge is -2.23. The maximum Gasteiger partial charge on any atom is 0.254 e. The Labute approximate surface area is 159 Å². The van der Waals surface area contributed by atoms with Gasteiger partial charge in [0.25, 0.3) is 5.91 Å². The number of pyridine rings is 1. The van der Waals surface area contributed by atoms with Crippen molar-refractivity contribution in [1.29, 1.82) is 0 Å². The molecule has 5 heteroatoms. The first-order valence-electron chi connectivity index (χ1n) is 9.46. The smallest absolute Gasteiger partial charge is 0.254 e. The van der Waals surface area contributed by atoms with Crippen molar-refractivity contribution in [2.75, 3.05) is 6.54 Å². The zero-order chi connectivity index (χ0) is 19.1. The van der Waals surface area contributed by atoms with Gasteiger partial charge in [-0.25, -0.2) is 15.0 Å².